The van der Waals surface area contributed by atoms with Crippen LogP contribution in [0.4, 0.5) is 14.5 Å². The summed E-state index contributed by atoms with van der Waals surface area (Å²) in [7, 11) is 0. The van der Waals surface area contributed by atoms with Crippen LogP contribution in [0.5, 0.6) is 5.75 Å². The van der Waals surface area contributed by atoms with E-state index in [1.165, 1.54) is 0 Å². The zero-order valence-electron chi connectivity index (χ0n) is 5.71. The lowest BCUT2D eigenvalue weighted by Crippen LogP contribution is -1.83. The van der Waals surface area contributed by atoms with Crippen LogP contribution in [0.3, 0.4) is 0 Å². The van der Waals surface area contributed by atoms with Crippen molar-refractivity contribution in [2.24, 2.45) is 4.99 Å². The van der Waals surface area contributed by atoms with Crippen molar-refractivity contribution in [2.75, 3.05) is 0 Å². The van der Waals surface area contributed by atoms with Crippen LogP contribution >= 0.6 is 0 Å². The molecule has 0 saturated carbocycles. The van der Waals surface area contributed by atoms with Crippen LogP contribution in [0.2, 0.25) is 0 Å². The highest BCUT2D eigenvalue weighted by molar-refractivity contribution is 5.52. The van der Waals surface area contributed by atoms with Crippen molar-refractivity contribution in [3.8, 4) is 5.75 Å². The summed E-state index contributed by atoms with van der Waals surface area (Å²) in [4.78, 5) is 12.5. The Balaban J connectivity index is 3.36. The summed E-state index contributed by atoms with van der Waals surface area (Å²) in [5.74, 6) is -3.04. The standard InChI is InChI=1S/C7H3F2NO2/c8-5-1-4(12)2-6(7(5)9)10-3-11/h1-2,12H. The molecular weight excluding hydrogens is 168 g/mol. The maximum atomic E-state index is 12.6. The van der Waals surface area contributed by atoms with Gasteiger partial charge in [-0.15, -0.1) is 0 Å². The number of hydrogen-bond acceptors (Lipinski definition) is 3. The van der Waals surface area contributed by atoms with Crippen LogP contribution in [-0.2, 0) is 4.79 Å². The molecule has 1 aromatic rings. The lowest BCUT2D eigenvalue weighted by atomic mass is 10.3. The molecule has 0 bridgehead atoms. The number of phenols is 1. The topological polar surface area (TPSA) is 49.7 Å². The van der Waals surface area contributed by atoms with Crippen LogP contribution in [0, 0.1) is 11.6 Å². The molecule has 0 fully saturated rings. The molecule has 0 heterocycles. The van der Waals surface area contributed by atoms with Gasteiger partial charge in [-0.2, -0.15) is 4.99 Å². The predicted molar refractivity (Wildman–Crippen MR) is 35.8 cm³/mol. The lowest BCUT2D eigenvalue weighted by Gasteiger charge is -1.96. The van der Waals surface area contributed by atoms with Gasteiger partial charge in [-0.05, 0) is 0 Å². The van der Waals surface area contributed by atoms with Gasteiger partial charge in [0.25, 0.3) is 0 Å². The van der Waals surface area contributed by atoms with Crippen molar-refractivity contribution in [3.05, 3.63) is 23.8 Å². The van der Waals surface area contributed by atoms with Crippen LogP contribution < -0.4 is 0 Å². The zero-order valence-corrected chi connectivity index (χ0v) is 5.71. The first-order chi connectivity index (χ1) is 5.65. The van der Waals surface area contributed by atoms with Gasteiger partial charge in [0.1, 0.15) is 11.4 Å². The third-order valence-corrected chi connectivity index (χ3v) is 1.16. The number of hydrogen-bond donors (Lipinski definition) is 1. The molecule has 0 aliphatic rings. The van der Waals surface area contributed by atoms with E-state index in [0.717, 1.165) is 12.1 Å². The predicted octanol–water partition coefficient (Wildman–Crippen LogP) is 1.64. The van der Waals surface area contributed by atoms with Gasteiger partial charge >= 0.3 is 0 Å². The first-order valence-corrected chi connectivity index (χ1v) is 2.91. The van der Waals surface area contributed by atoms with Gasteiger partial charge in [-0.25, -0.2) is 13.6 Å². The van der Waals surface area contributed by atoms with Crippen LogP contribution in [0.25, 0.3) is 0 Å². The van der Waals surface area contributed by atoms with E-state index in [1.54, 1.807) is 0 Å². The monoisotopic (exact) mass is 171 g/mol. The fourth-order valence-corrected chi connectivity index (χ4v) is 0.691. The number of nitrogens with zero attached hydrogens (tertiary/aromatic N) is 1. The molecule has 1 rings (SSSR count). The normalized spacial score (nSPS) is 9.17. The molecule has 0 aliphatic carbocycles. The summed E-state index contributed by atoms with van der Waals surface area (Å²) in [6, 6.07) is 1.41. The van der Waals surface area contributed by atoms with E-state index in [-0.39, 0.29) is 0 Å². The Morgan fingerprint density at radius 2 is 2.08 bits per heavy atom. The van der Waals surface area contributed by atoms with Crippen molar-refractivity contribution in [1.29, 1.82) is 0 Å². The van der Waals surface area contributed by atoms with Gasteiger partial charge in [0.2, 0.25) is 6.08 Å². The Morgan fingerprint density at radius 1 is 1.42 bits per heavy atom. The number of phenolic OH excluding ortho intramolecular Hbond substituents is 1. The summed E-state index contributed by atoms with van der Waals surface area (Å²) in [5.41, 5.74) is -0.567. The van der Waals surface area contributed by atoms with Crippen LogP contribution in [0.1, 0.15) is 0 Å². The number of carbonyl (C=O) groups excluding carboxylic acids is 1. The first-order valence-electron chi connectivity index (χ1n) is 2.91. The summed E-state index contributed by atoms with van der Waals surface area (Å²) in [5, 5.41) is 8.75. The van der Waals surface area contributed by atoms with E-state index in [9.17, 15) is 13.6 Å². The fraction of sp³-hybridized carbons (Fsp3) is 0. The van der Waals surface area contributed by atoms with E-state index >= 15 is 0 Å². The van der Waals surface area contributed by atoms with Gasteiger partial charge in [0.15, 0.2) is 11.6 Å². The molecular formula is C7H3F2NO2. The van der Waals surface area contributed by atoms with Crippen LogP contribution in [0.15, 0.2) is 17.1 Å². The van der Waals surface area contributed by atoms with Crippen molar-refractivity contribution in [1.82, 2.24) is 0 Å². The number of benzene rings is 1. The Labute approximate surface area is 66.0 Å². The van der Waals surface area contributed by atoms with E-state index in [2.05, 4.69) is 4.99 Å². The van der Waals surface area contributed by atoms with Gasteiger partial charge in [-0.3, -0.25) is 0 Å². The molecule has 1 aromatic carbocycles. The fourth-order valence-electron chi connectivity index (χ4n) is 0.691. The molecule has 12 heavy (non-hydrogen) atoms. The highest BCUT2D eigenvalue weighted by Gasteiger charge is 2.09. The van der Waals surface area contributed by atoms with Crippen molar-refractivity contribution >= 4 is 11.8 Å². The molecule has 0 aliphatic heterocycles. The first kappa shape index (κ1) is 8.36. The molecule has 0 aromatic heterocycles. The summed E-state index contributed by atoms with van der Waals surface area (Å²) >= 11 is 0. The Kier molecular flexibility index (Phi) is 2.16. The number of halogens is 2. The second-order valence-corrected chi connectivity index (χ2v) is 1.96. The van der Waals surface area contributed by atoms with E-state index in [0.29, 0.717) is 6.07 Å². The molecule has 0 atom stereocenters. The smallest absolute Gasteiger partial charge is 0.240 e. The van der Waals surface area contributed by atoms with Gasteiger partial charge < -0.3 is 5.11 Å². The lowest BCUT2D eigenvalue weighted by molar-refractivity contribution is 0.456. The van der Waals surface area contributed by atoms with E-state index in [4.69, 9.17) is 5.11 Å². The van der Waals surface area contributed by atoms with E-state index in [1.807, 2.05) is 0 Å². The highest BCUT2D eigenvalue weighted by Crippen LogP contribution is 2.25. The number of isocyanates is 1. The molecule has 0 unspecified atom stereocenters. The zero-order chi connectivity index (χ0) is 9.14. The summed E-state index contributed by atoms with van der Waals surface area (Å²) < 4.78 is 25.0. The van der Waals surface area contributed by atoms with Crippen molar-refractivity contribution in [3.63, 3.8) is 0 Å². The number of aliphatic imine (C=N–C) groups is 1. The second kappa shape index (κ2) is 3.11. The second-order valence-electron chi connectivity index (χ2n) is 1.96. The Bertz CT molecular complexity index is 359. The molecule has 62 valence electrons. The minimum absolute atomic E-state index is 0.497. The molecule has 0 saturated heterocycles. The molecule has 1 N–H and O–H groups in total. The molecule has 0 radical (unpaired) electrons. The Morgan fingerprint density at radius 3 is 2.67 bits per heavy atom. The van der Waals surface area contributed by atoms with E-state index < -0.39 is 23.1 Å². The quantitative estimate of drug-likeness (QED) is 0.515. The molecule has 0 amide bonds. The van der Waals surface area contributed by atoms with Crippen LogP contribution in [-0.4, -0.2) is 11.2 Å². The summed E-state index contributed by atoms with van der Waals surface area (Å²) in [6.45, 7) is 0. The third kappa shape index (κ3) is 1.46. The maximum Gasteiger partial charge on any atom is 0.240 e. The SMILES string of the molecule is O=C=Nc1cc(O)cc(F)c1F. The largest absolute Gasteiger partial charge is 0.508 e. The average molecular weight is 171 g/mol. The number of aromatic hydroxyl groups is 1. The molecule has 5 heteroatoms. The third-order valence-electron chi connectivity index (χ3n) is 1.16. The van der Waals surface area contributed by atoms with Crippen molar-refractivity contribution < 1.29 is 18.7 Å². The van der Waals surface area contributed by atoms with Crippen molar-refractivity contribution in [2.45, 2.75) is 0 Å². The highest BCUT2D eigenvalue weighted by atomic mass is 19.2. The van der Waals surface area contributed by atoms with Gasteiger partial charge in [0, 0.05) is 12.1 Å². The molecule has 3 nitrogen and oxygen atoms in total. The average Bonchev–Trinajstić information content (AvgIpc) is 2.00. The summed E-state index contributed by atoms with van der Waals surface area (Å²) in [6.07, 6.45) is 1.04. The van der Waals surface area contributed by atoms with Gasteiger partial charge in [0.05, 0.1) is 0 Å². The minimum atomic E-state index is -1.28. The minimum Gasteiger partial charge on any atom is -0.508 e. The molecule has 0 spiro atoms. The number of rotatable bonds is 1. The Hall–Kier alpha value is -1.74. The van der Waals surface area contributed by atoms with Gasteiger partial charge in [-0.1, -0.05) is 0 Å². The maximum absolute atomic E-state index is 12.6.